The van der Waals surface area contributed by atoms with Gasteiger partial charge in [0.15, 0.2) is 17.5 Å². The molecule has 2 aromatic heterocycles. The minimum absolute atomic E-state index is 0.0203. The molecule has 3 heterocycles. The average Bonchev–Trinajstić information content (AvgIpc) is 3.80. The third-order valence-corrected chi connectivity index (χ3v) is 10.6. The molecule has 0 aliphatic carbocycles. The van der Waals surface area contributed by atoms with Gasteiger partial charge in [0, 0.05) is 68.0 Å². The highest BCUT2D eigenvalue weighted by atomic mass is 19.2. The van der Waals surface area contributed by atoms with Crippen LogP contribution in [0.2, 0.25) is 0 Å². The molecule has 5 rings (SSSR count). The second-order valence-corrected chi connectivity index (χ2v) is 15.7. The number of benzene rings is 2. The first-order valence-corrected chi connectivity index (χ1v) is 23.6. The van der Waals surface area contributed by atoms with Crippen LogP contribution in [0.1, 0.15) is 26.2 Å². The molecule has 69 heavy (non-hydrogen) atoms. The van der Waals surface area contributed by atoms with E-state index < -0.39 is 41.4 Å². The lowest BCUT2D eigenvalue weighted by molar-refractivity contribution is -0.136. The summed E-state index contributed by atoms with van der Waals surface area (Å²) in [5.41, 5.74) is 9.12. The summed E-state index contributed by atoms with van der Waals surface area (Å²) in [6.07, 6.45) is 3.89. The van der Waals surface area contributed by atoms with Crippen molar-refractivity contribution in [2.45, 2.75) is 32.7 Å². The van der Waals surface area contributed by atoms with Gasteiger partial charge in [0.25, 0.3) is 0 Å². The highest BCUT2D eigenvalue weighted by molar-refractivity contribution is 6.08. The van der Waals surface area contributed by atoms with Gasteiger partial charge in [-0.3, -0.25) is 14.4 Å². The molecule has 386 valence electrons. The van der Waals surface area contributed by atoms with Crippen LogP contribution in [0.4, 0.5) is 29.1 Å². The molecule has 0 bridgehead atoms. The first-order chi connectivity index (χ1) is 33.7. The third kappa shape index (κ3) is 20.1. The lowest BCUT2D eigenvalue weighted by Crippen LogP contribution is -2.47. The van der Waals surface area contributed by atoms with Crippen molar-refractivity contribution in [2.75, 3.05) is 175 Å². The molecule has 1 saturated heterocycles. The number of nitrogens with two attached hydrogens (primary N) is 1. The molecule has 1 aliphatic rings. The number of carbonyl (C=O) groups is 1. The summed E-state index contributed by atoms with van der Waals surface area (Å²) >= 11 is 0. The van der Waals surface area contributed by atoms with Gasteiger partial charge in [0.2, 0.25) is 17.4 Å². The number of fused-ring (bicyclic) bond motifs is 3. The summed E-state index contributed by atoms with van der Waals surface area (Å²) in [4.78, 5) is 21.2. The van der Waals surface area contributed by atoms with Crippen molar-refractivity contribution >= 4 is 39.3 Å². The molecule has 22 heteroatoms. The maximum atomic E-state index is 13.6. The summed E-state index contributed by atoms with van der Waals surface area (Å²) < 4.78 is 115. The highest BCUT2D eigenvalue weighted by Crippen LogP contribution is 2.31. The van der Waals surface area contributed by atoms with Crippen LogP contribution in [0.15, 0.2) is 30.5 Å². The van der Waals surface area contributed by atoms with Gasteiger partial charge in [-0.05, 0) is 24.6 Å². The predicted molar refractivity (Wildman–Crippen MR) is 248 cm³/mol. The first kappa shape index (κ1) is 55.6. The quantitative estimate of drug-likeness (QED) is 0.0212. The van der Waals surface area contributed by atoms with Crippen molar-refractivity contribution in [1.82, 2.24) is 19.7 Å². The van der Waals surface area contributed by atoms with Crippen molar-refractivity contribution in [3.05, 3.63) is 53.7 Å². The average molecular weight is 985 g/mol. The topological polar surface area (TPSA) is 182 Å². The lowest BCUT2D eigenvalue weighted by atomic mass is 10.1. The molecule has 4 aromatic rings. The predicted octanol–water partition coefficient (Wildman–Crippen LogP) is 4.81. The summed E-state index contributed by atoms with van der Waals surface area (Å²) in [5.74, 6) is -9.01. The van der Waals surface area contributed by atoms with E-state index >= 15 is 0 Å². The van der Waals surface area contributed by atoms with Gasteiger partial charge in [-0.25, -0.2) is 13.8 Å². The largest absolute Gasteiger partial charge is 0.420 e. The van der Waals surface area contributed by atoms with E-state index in [1.165, 1.54) is 5.69 Å². The summed E-state index contributed by atoms with van der Waals surface area (Å²) in [5, 5.41) is 6.86. The van der Waals surface area contributed by atoms with Crippen LogP contribution in [0, 0.1) is 23.3 Å². The number of ether oxygens (including phenoxy) is 11. The van der Waals surface area contributed by atoms with Crippen LogP contribution in [-0.2, 0) is 58.7 Å². The number of nitrogens with zero attached hydrogens (tertiary/aromatic N) is 5. The van der Waals surface area contributed by atoms with E-state index in [-0.39, 0.29) is 25.9 Å². The Hall–Kier alpha value is -4.33. The number of aryl methyl sites for hydroxylation is 1. The number of halogens is 4. The molecule has 1 aliphatic heterocycles. The maximum Gasteiger partial charge on any atom is 0.313 e. The van der Waals surface area contributed by atoms with Crippen molar-refractivity contribution in [1.29, 1.82) is 0 Å². The van der Waals surface area contributed by atoms with Crippen LogP contribution in [0.25, 0.3) is 21.8 Å². The summed E-state index contributed by atoms with van der Waals surface area (Å²) in [7, 11) is 0. The molecule has 2 aromatic carbocycles. The van der Waals surface area contributed by atoms with Crippen LogP contribution in [0.3, 0.4) is 0 Å². The monoisotopic (exact) mass is 984 g/mol. The molecular formula is C47H68F4N6O12. The Morgan fingerprint density at radius 1 is 0.594 bits per heavy atom. The minimum Gasteiger partial charge on any atom is -0.420 e. The van der Waals surface area contributed by atoms with Gasteiger partial charge >= 0.3 is 5.97 Å². The maximum absolute atomic E-state index is 13.6. The Morgan fingerprint density at radius 2 is 1.06 bits per heavy atom. The van der Waals surface area contributed by atoms with E-state index in [9.17, 15) is 22.4 Å². The number of unbranched alkanes of at least 4 members (excludes halogenated alkanes) is 1. The Labute approximate surface area is 400 Å². The van der Waals surface area contributed by atoms with Gasteiger partial charge in [-0.2, -0.15) is 13.9 Å². The number of nitrogen functional groups attached to an aromatic ring is 1. The fraction of sp³-hybridized carbons (Fsp3) is 0.638. The number of pyridine rings is 1. The zero-order valence-electron chi connectivity index (χ0n) is 39.6. The van der Waals surface area contributed by atoms with Crippen molar-refractivity contribution < 1.29 is 74.5 Å². The van der Waals surface area contributed by atoms with Gasteiger partial charge in [0.1, 0.15) is 5.52 Å². The van der Waals surface area contributed by atoms with E-state index in [4.69, 9.17) is 58.2 Å². The number of rotatable bonds is 38. The molecule has 0 unspecified atom stereocenters. The molecule has 18 nitrogen and oxygen atoms in total. The minimum atomic E-state index is -1.79. The first-order valence-electron chi connectivity index (χ1n) is 23.6. The molecule has 1 fully saturated rings. The summed E-state index contributed by atoms with van der Waals surface area (Å²) in [6, 6.07) is 6.45. The van der Waals surface area contributed by atoms with Crippen molar-refractivity contribution in [3.63, 3.8) is 0 Å². The van der Waals surface area contributed by atoms with Crippen molar-refractivity contribution in [3.8, 4) is 5.75 Å². The smallest absolute Gasteiger partial charge is 0.313 e. The van der Waals surface area contributed by atoms with Gasteiger partial charge in [-0.15, -0.1) is 0 Å². The fourth-order valence-corrected chi connectivity index (χ4v) is 6.92. The van der Waals surface area contributed by atoms with Crippen LogP contribution >= 0.6 is 0 Å². The summed E-state index contributed by atoms with van der Waals surface area (Å²) in [6.45, 7) is 15.6. The van der Waals surface area contributed by atoms with E-state index in [0.717, 1.165) is 73.9 Å². The van der Waals surface area contributed by atoms with Gasteiger partial charge in [-0.1, -0.05) is 13.3 Å². The number of anilines is 2. The molecule has 2 N–H and O–H groups in total. The Bertz CT molecular complexity index is 2060. The second kappa shape index (κ2) is 32.5. The number of hydrogen-bond acceptors (Lipinski definition) is 17. The Kier molecular flexibility index (Phi) is 26.2. The van der Waals surface area contributed by atoms with Gasteiger partial charge in [0.05, 0.1) is 144 Å². The number of aromatic nitrogens is 3. The van der Waals surface area contributed by atoms with E-state index in [2.05, 4.69) is 50.8 Å². The zero-order chi connectivity index (χ0) is 48.9. The van der Waals surface area contributed by atoms with E-state index in [1.807, 2.05) is 4.68 Å². The Balaban J connectivity index is 0.708. The molecule has 0 spiro atoms. The Morgan fingerprint density at radius 3 is 1.54 bits per heavy atom. The normalized spacial score (nSPS) is 13.4. The molecular weight excluding hydrogens is 917 g/mol. The zero-order valence-corrected chi connectivity index (χ0v) is 39.6. The lowest BCUT2D eigenvalue weighted by Gasteiger charge is -2.36. The number of esters is 1. The van der Waals surface area contributed by atoms with Crippen LogP contribution in [0.5, 0.6) is 5.75 Å². The molecule has 0 saturated carbocycles. The number of hydrogen-bond donors (Lipinski definition) is 1. The number of carbonyl (C=O) groups excluding carboxylic acids is 1. The molecule has 0 atom stereocenters. The van der Waals surface area contributed by atoms with E-state index in [1.54, 1.807) is 0 Å². The highest BCUT2D eigenvalue weighted by Gasteiger charge is 2.23. The van der Waals surface area contributed by atoms with Gasteiger partial charge < -0.3 is 62.7 Å². The fourth-order valence-electron chi connectivity index (χ4n) is 6.92. The SMILES string of the molecule is CCCCn1cc2c(n1)c(N)nc1ccc(N3CCN(CCOCCOCCOCCOCCOCCOCCOCCOCCOCCOCCC(=O)Oc4c(F)c(F)cc(F)c4F)CC3)cc12. The van der Waals surface area contributed by atoms with E-state index in [0.29, 0.717) is 118 Å². The number of piperazine rings is 1. The molecule has 0 amide bonds. The van der Waals surface area contributed by atoms with Crippen LogP contribution in [-0.4, -0.2) is 190 Å². The standard InChI is InChI=1S/C47H68F4N6O12/c1-2-3-7-57-35-38-37-33-36(4-5-41(37)53-47(52)45(38)54-57)56-10-8-55(9-11-56)12-14-60-16-18-62-20-22-64-24-26-66-28-30-68-32-31-67-29-27-65-25-23-63-21-19-61-17-15-59-13-6-42(58)69-46-43(50)39(48)34-40(49)44(46)51/h4-5,33-35H,2-3,6-32H2,1H3,(H2,52,53). The van der Waals surface area contributed by atoms with Crippen molar-refractivity contribution in [2.24, 2.45) is 0 Å². The molecule has 0 radical (unpaired) electrons. The second-order valence-electron chi connectivity index (χ2n) is 15.7. The van der Waals surface area contributed by atoms with Crippen LogP contribution < -0.4 is 15.4 Å². The third-order valence-electron chi connectivity index (χ3n) is 10.6.